The number of quaternary nitrogens is 1. The summed E-state index contributed by atoms with van der Waals surface area (Å²) in [7, 11) is 0. The Morgan fingerprint density at radius 1 is 1.14 bits per heavy atom. The highest BCUT2D eigenvalue weighted by molar-refractivity contribution is 7.14. The van der Waals surface area contributed by atoms with E-state index in [4.69, 9.17) is 11.6 Å². The van der Waals surface area contributed by atoms with Gasteiger partial charge in [0.05, 0.1) is 0 Å². The van der Waals surface area contributed by atoms with Crippen LogP contribution in [0.1, 0.15) is 48.6 Å². The van der Waals surface area contributed by atoms with Gasteiger partial charge in [0.15, 0.2) is 5.84 Å². The van der Waals surface area contributed by atoms with E-state index in [1.165, 1.54) is 42.6 Å². The summed E-state index contributed by atoms with van der Waals surface area (Å²) in [5.41, 5.74) is 8.92. The van der Waals surface area contributed by atoms with Gasteiger partial charge in [-0.25, -0.2) is 0 Å². The number of rotatable bonds is 4. The molecule has 1 aliphatic carbocycles. The van der Waals surface area contributed by atoms with Crippen LogP contribution in [0.2, 0.25) is 0 Å². The lowest BCUT2D eigenvalue weighted by Gasteiger charge is -2.18. The number of benzene rings is 1. The van der Waals surface area contributed by atoms with E-state index in [2.05, 4.69) is 15.3 Å². The number of nitrogens with zero attached hydrogens (tertiary/aromatic N) is 3. The van der Waals surface area contributed by atoms with Gasteiger partial charge in [-0.15, -0.1) is 15.7 Å². The maximum absolute atomic E-state index is 5.81. The predicted molar refractivity (Wildman–Crippen MR) is 88.0 cm³/mol. The molecule has 7 heteroatoms. The van der Waals surface area contributed by atoms with Gasteiger partial charge in [-0.2, -0.15) is 5.84 Å². The van der Waals surface area contributed by atoms with E-state index in [0.29, 0.717) is 11.8 Å². The van der Waals surface area contributed by atoms with Crippen molar-refractivity contribution in [3.8, 4) is 10.6 Å². The molecule has 0 unspecified atom stereocenters. The zero-order valence-corrected chi connectivity index (χ0v) is 13.2. The molecule has 22 heavy (non-hydrogen) atoms. The summed E-state index contributed by atoms with van der Waals surface area (Å²) < 4.78 is 0. The van der Waals surface area contributed by atoms with Gasteiger partial charge in [0.25, 0.3) is 0 Å². The summed E-state index contributed by atoms with van der Waals surface area (Å²) in [5.74, 6) is 6.26. The summed E-state index contributed by atoms with van der Waals surface area (Å²) in [5, 5.41) is 14.8. The molecule has 1 aliphatic rings. The third-order valence-corrected chi connectivity index (χ3v) is 5.17. The molecule has 0 atom stereocenters. The Balaban J connectivity index is 1.77. The fourth-order valence-corrected chi connectivity index (χ4v) is 3.82. The second-order valence-electron chi connectivity index (χ2n) is 5.52. The van der Waals surface area contributed by atoms with Crippen molar-refractivity contribution in [1.29, 1.82) is 0 Å². The molecule has 1 aromatic heterocycles. The van der Waals surface area contributed by atoms with Gasteiger partial charge in [-0.3, -0.25) is 0 Å². The minimum absolute atomic E-state index is 0.411. The van der Waals surface area contributed by atoms with Crippen LogP contribution in [0.25, 0.3) is 10.6 Å². The molecule has 0 spiro atoms. The molecular formula is C15H21N6S+. The van der Waals surface area contributed by atoms with Crippen molar-refractivity contribution < 1.29 is 5.53 Å². The van der Waals surface area contributed by atoms with Crippen LogP contribution in [0.3, 0.4) is 0 Å². The second kappa shape index (κ2) is 6.95. The molecule has 0 radical (unpaired) electrons. The monoisotopic (exact) mass is 317 g/mol. The van der Waals surface area contributed by atoms with Gasteiger partial charge in [-0.05, 0) is 17.9 Å². The van der Waals surface area contributed by atoms with E-state index >= 15 is 0 Å². The Labute approximate surface area is 133 Å². The minimum Gasteiger partial charge on any atom is -0.379 e. The van der Waals surface area contributed by atoms with Gasteiger partial charge in [-0.1, -0.05) is 54.9 Å². The van der Waals surface area contributed by atoms with Crippen LogP contribution in [0, 0.1) is 0 Å². The van der Waals surface area contributed by atoms with Crippen molar-refractivity contribution in [2.24, 2.45) is 16.7 Å². The third-order valence-electron chi connectivity index (χ3n) is 4.04. The fourth-order valence-electron chi connectivity index (χ4n) is 2.80. The molecule has 116 valence electrons. The first kappa shape index (κ1) is 15.1. The first-order chi connectivity index (χ1) is 10.8. The van der Waals surface area contributed by atoms with Crippen LogP contribution in [-0.4, -0.2) is 16.0 Å². The molecule has 0 saturated heterocycles. The summed E-state index contributed by atoms with van der Waals surface area (Å²) in [4.78, 5) is 0. The number of nitrogens with two attached hydrogens (primary N) is 3. The lowest BCUT2D eigenvalue weighted by Crippen LogP contribution is -2.86. The number of hydrogen-bond donors (Lipinski definition) is 3. The van der Waals surface area contributed by atoms with E-state index in [1.54, 1.807) is 11.3 Å². The Morgan fingerprint density at radius 2 is 1.86 bits per heavy atom. The average Bonchev–Trinajstić information content (AvgIpc) is 3.06. The lowest BCUT2D eigenvalue weighted by molar-refractivity contribution is -0.673. The van der Waals surface area contributed by atoms with Crippen LogP contribution in [0.15, 0.2) is 29.4 Å². The van der Waals surface area contributed by atoms with Crippen molar-refractivity contribution in [1.82, 2.24) is 10.2 Å². The van der Waals surface area contributed by atoms with Crippen molar-refractivity contribution in [3.05, 3.63) is 34.8 Å². The van der Waals surface area contributed by atoms with Crippen LogP contribution < -0.4 is 17.1 Å². The standard InChI is InChI=1S/C15H20N6S/c16-13(18-21-17)10-6-8-12(9-7-10)15-20-19-14(22-15)11-4-2-1-3-5-11/h6-9,11,21H,1-5,17H2,(H2,16,18)/p+1. The molecule has 0 amide bonds. The minimum atomic E-state index is 0.411. The number of aromatic nitrogens is 2. The smallest absolute Gasteiger partial charge is 0.188 e. The van der Waals surface area contributed by atoms with Gasteiger partial charge in [0.1, 0.15) is 10.0 Å². The topological polar surface area (TPSA) is 107 Å². The predicted octanol–water partition coefficient (Wildman–Crippen LogP) is 1.31. The van der Waals surface area contributed by atoms with Crippen LogP contribution in [0.4, 0.5) is 0 Å². The van der Waals surface area contributed by atoms with Crippen LogP contribution in [-0.2, 0) is 0 Å². The van der Waals surface area contributed by atoms with E-state index in [1.807, 2.05) is 24.3 Å². The molecule has 3 rings (SSSR count). The number of hydrogen-bond acceptors (Lipinski definition) is 5. The molecule has 1 heterocycles. The fraction of sp³-hybridized carbons (Fsp3) is 0.400. The first-order valence-electron chi connectivity index (χ1n) is 7.59. The molecule has 6 N–H and O–H groups in total. The Kier molecular flexibility index (Phi) is 4.77. The van der Waals surface area contributed by atoms with E-state index in [0.717, 1.165) is 16.1 Å². The highest BCUT2D eigenvalue weighted by Crippen LogP contribution is 2.36. The lowest BCUT2D eigenvalue weighted by atomic mass is 9.90. The molecule has 2 aromatic rings. The van der Waals surface area contributed by atoms with Crippen LogP contribution >= 0.6 is 11.3 Å². The van der Waals surface area contributed by atoms with Gasteiger partial charge >= 0.3 is 0 Å². The van der Waals surface area contributed by atoms with Gasteiger partial charge in [0.2, 0.25) is 0 Å². The van der Waals surface area contributed by atoms with Crippen molar-refractivity contribution >= 4 is 17.2 Å². The molecular weight excluding hydrogens is 296 g/mol. The molecule has 6 nitrogen and oxygen atoms in total. The first-order valence-corrected chi connectivity index (χ1v) is 8.40. The Bertz CT molecular complexity index is 642. The van der Waals surface area contributed by atoms with Crippen LogP contribution in [0.5, 0.6) is 0 Å². The molecule has 0 bridgehead atoms. The Hall–Kier alpha value is -1.83. The van der Waals surface area contributed by atoms with Crippen molar-refractivity contribution in [2.45, 2.75) is 38.0 Å². The summed E-state index contributed by atoms with van der Waals surface area (Å²) in [6, 6.07) is 7.86. The largest absolute Gasteiger partial charge is 0.379 e. The molecule has 1 fully saturated rings. The number of amidine groups is 1. The quantitative estimate of drug-likeness (QED) is 0.342. The third kappa shape index (κ3) is 3.32. The summed E-state index contributed by atoms with van der Waals surface area (Å²) in [6.45, 7) is 0. The SMILES string of the molecule is N[NH2+]/N=C(\N)c1ccc(-c2nnc(C3CCCCC3)s2)cc1. The summed E-state index contributed by atoms with van der Waals surface area (Å²) in [6.07, 6.45) is 6.47. The molecule has 1 aromatic carbocycles. The van der Waals surface area contributed by atoms with E-state index in [9.17, 15) is 0 Å². The van der Waals surface area contributed by atoms with Crippen molar-refractivity contribution in [3.63, 3.8) is 0 Å². The van der Waals surface area contributed by atoms with E-state index in [-0.39, 0.29) is 0 Å². The summed E-state index contributed by atoms with van der Waals surface area (Å²) >= 11 is 1.71. The zero-order chi connectivity index (χ0) is 15.4. The zero-order valence-electron chi connectivity index (χ0n) is 12.4. The maximum atomic E-state index is 5.81. The van der Waals surface area contributed by atoms with Gasteiger partial charge < -0.3 is 5.73 Å². The Morgan fingerprint density at radius 3 is 2.55 bits per heavy atom. The molecule has 1 saturated carbocycles. The van der Waals surface area contributed by atoms with Gasteiger partial charge in [0, 0.05) is 17.0 Å². The highest BCUT2D eigenvalue weighted by atomic mass is 32.1. The molecule has 0 aliphatic heterocycles. The maximum Gasteiger partial charge on any atom is 0.188 e. The highest BCUT2D eigenvalue weighted by Gasteiger charge is 2.20. The second-order valence-corrected chi connectivity index (χ2v) is 6.53. The normalized spacial score (nSPS) is 16.9. The van der Waals surface area contributed by atoms with Crippen molar-refractivity contribution in [2.75, 3.05) is 0 Å². The average molecular weight is 317 g/mol. The van der Waals surface area contributed by atoms with E-state index < -0.39 is 0 Å².